The second-order valence-corrected chi connectivity index (χ2v) is 7.08. The molecular formula is C22H20N2O5. The summed E-state index contributed by atoms with van der Waals surface area (Å²) in [5.74, 6) is -0.556. The van der Waals surface area contributed by atoms with Crippen LogP contribution in [0.25, 0.3) is 11.0 Å². The number of primary amides is 1. The Morgan fingerprint density at radius 1 is 1.17 bits per heavy atom. The molecule has 1 heterocycles. The number of aryl methyl sites for hydroxylation is 2. The van der Waals surface area contributed by atoms with E-state index in [0.717, 1.165) is 29.4 Å². The van der Waals surface area contributed by atoms with Crippen LogP contribution in [0, 0.1) is 6.92 Å². The highest BCUT2D eigenvalue weighted by Gasteiger charge is 2.23. The van der Waals surface area contributed by atoms with Gasteiger partial charge in [-0.25, -0.2) is 4.79 Å². The molecule has 4 rings (SSSR count). The summed E-state index contributed by atoms with van der Waals surface area (Å²) in [6.07, 6.45) is 2.34. The quantitative estimate of drug-likeness (QED) is 0.649. The van der Waals surface area contributed by atoms with Crippen molar-refractivity contribution in [2.45, 2.75) is 26.2 Å². The summed E-state index contributed by atoms with van der Waals surface area (Å²) in [5.41, 5.74) is 8.53. The van der Waals surface area contributed by atoms with Gasteiger partial charge in [0.1, 0.15) is 11.3 Å². The number of carbonyl (C=O) groups excluding carboxylic acids is 2. The van der Waals surface area contributed by atoms with Crippen LogP contribution in [0.15, 0.2) is 45.6 Å². The first-order valence-corrected chi connectivity index (χ1v) is 9.34. The summed E-state index contributed by atoms with van der Waals surface area (Å²) in [5, 5.41) is 3.39. The molecule has 7 heteroatoms. The number of nitrogens with two attached hydrogens (primary N) is 1. The predicted octanol–water partition coefficient (Wildman–Crippen LogP) is 2.71. The SMILES string of the molecule is Cc1cc(OCC(=O)Nc2ccccc2C(N)=O)c2c3c(c(=O)oc2c1)CCC3. The molecule has 0 spiro atoms. The average molecular weight is 392 g/mol. The molecule has 148 valence electrons. The second kappa shape index (κ2) is 7.43. The van der Waals surface area contributed by atoms with Gasteiger partial charge in [0, 0.05) is 5.56 Å². The molecular weight excluding hydrogens is 372 g/mol. The van der Waals surface area contributed by atoms with E-state index in [2.05, 4.69) is 5.32 Å². The highest BCUT2D eigenvalue weighted by molar-refractivity contribution is 6.03. The maximum Gasteiger partial charge on any atom is 0.339 e. The van der Waals surface area contributed by atoms with Gasteiger partial charge in [-0.3, -0.25) is 9.59 Å². The van der Waals surface area contributed by atoms with Crippen molar-refractivity contribution in [2.24, 2.45) is 5.73 Å². The second-order valence-electron chi connectivity index (χ2n) is 7.08. The fraction of sp³-hybridized carbons (Fsp3) is 0.227. The molecule has 3 N–H and O–H groups in total. The molecule has 0 aliphatic heterocycles. The standard InChI is InChI=1S/C22H20N2O5/c1-12-9-17(20-13-6-4-7-14(13)22(27)29-18(20)10-12)28-11-19(25)24-16-8-3-2-5-15(16)21(23)26/h2-3,5,8-10H,4,6-7,11H2,1H3,(H2,23,26)(H,24,25). The van der Waals surface area contributed by atoms with Crippen molar-refractivity contribution in [1.82, 2.24) is 0 Å². The number of ether oxygens (including phenoxy) is 1. The van der Waals surface area contributed by atoms with Gasteiger partial charge < -0.3 is 20.2 Å². The summed E-state index contributed by atoms with van der Waals surface area (Å²) >= 11 is 0. The molecule has 1 aliphatic rings. The van der Waals surface area contributed by atoms with Gasteiger partial charge in [0.15, 0.2) is 6.61 Å². The fourth-order valence-corrected chi connectivity index (χ4v) is 3.76. The van der Waals surface area contributed by atoms with Gasteiger partial charge in [0.05, 0.1) is 16.6 Å². The highest BCUT2D eigenvalue weighted by Crippen LogP contribution is 2.35. The van der Waals surface area contributed by atoms with Gasteiger partial charge in [0.2, 0.25) is 0 Å². The van der Waals surface area contributed by atoms with Crippen molar-refractivity contribution in [3.05, 3.63) is 69.1 Å². The lowest BCUT2D eigenvalue weighted by Gasteiger charge is -2.13. The Morgan fingerprint density at radius 3 is 2.72 bits per heavy atom. The van der Waals surface area contributed by atoms with E-state index in [4.69, 9.17) is 14.9 Å². The molecule has 0 radical (unpaired) electrons. The molecule has 7 nitrogen and oxygen atoms in total. The van der Waals surface area contributed by atoms with Gasteiger partial charge >= 0.3 is 5.63 Å². The summed E-state index contributed by atoms with van der Waals surface area (Å²) < 4.78 is 11.3. The minimum absolute atomic E-state index is 0.224. The number of hydrogen-bond donors (Lipinski definition) is 2. The number of fused-ring (bicyclic) bond motifs is 3. The van der Waals surface area contributed by atoms with E-state index in [1.807, 2.05) is 13.0 Å². The fourth-order valence-electron chi connectivity index (χ4n) is 3.76. The maximum absolute atomic E-state index is 12.4. The molecule has 0 saturated carbocycles. The normalized spacial score (nSPS) is 12.6. The number of hydrogen-bond acceptors (Lipinski definition) is 5. The van der Waals surface area contributed by atoms with Crippen LogP contribution in [-0.4, -0.2) is 18.4 Å². The van der Waals surface area contributed by atoms with Crippen LogP contribution < -0.4 is 21.4 Å². The van der Waals surface area contributed by atoms with Gasteiger partial charge in [-0.15, -0.1) is 0 Å². The molecule has 2 amide bonds. The van der Waals surface area contributed by atoms with E-state index in [9.17, 15) is 14.4 Å². The number of amides is 2. The third kappa shape index (κ3) is 3.59. The van der Waals surface area contributed by atoms with Gasteiger partial charge in [0.25, 0.3) is 11.8 Å². The molecule has 1 aliphatic carbocycles. The Labute approximate surface area is 166 Å². The Balaban J connectivity index is 1.61. The zero-order valence-electron chi connectivity index (χ0n) is 15.9. The number of rotatable bonds is 5. The number of benzene rings is 2. The van der Waals surface area contributed by atoms with Crippen LogP contribution in [0.4, 0.5) is 5.69 Å². The molecule has 0 saturated heterocycles. The number of nitrogens with one attached hydrogen (secondary N) is 1. The van der Waals surface area contributed by atoms with Crippen LogP contribution in [0.5, 0.6) is 5.75 Å². The van der Waals surface area contributed by atoms with Crippen LogP contribution in [0.2, 0.25) is 0 Å². The average Bonchev–Trinajstić information content (AvgIpc) is 3.16. The lowest BCUT2D eigenvalue weighted by molar-refractivity contribution is -0.118. The van der Waals surface area contributed by atoms with Crippen LogP contribution in [-0.2, 0) is 17.6 Å². The monoisotopic (exact) mass is 392 g/mol. The molecule has 0 fully saturated rings. The van der Waals surface area contributed by atoms with Crippen molar-refractivity contribution < 1.29 is 18.7 Å². The minimum Gasteiger partial charge on any atom is -0.483 e. The molecule has 0 unspecified atom stereocenters. The third-order valence-electron chi connectivity index (χ3n) is 5.00. The molecule has 2 aromatic carbocycles. The molecule has 1 aromatic heterocycles. The summed E-state index contributed by atoms with van der Waals surface area (Å²) in [6, 6.07) is 10.1. The van der Waals surface area contributed by atoms with Gasteiger partial charge in [-0.05, 0) is 61.6 Å². The molecule has 0 atom stereocenters. The molecule has 3 aromatic rings. The maximum atomic E-state index is 12.4. The Hall–Kier alpha value is -3.61. The molecule has 29 heavy (non-hydrogen) atoms. The lowest BCUT2D eigenvalue weighted by atomic mass is 10.0. The first kappa shape index (κ1) is 18.7. The minimum atomic E-state index is -0.628. The van der Waals surface area contributed by atoms with E-state index < -0.39 is 11.8 Å². The topological polar surface area (TPSA) is 112 Å². The Bertz CT molecular complexity index is 1200. The first-order chi connectivity index (χ1) is 13.9. The van der Waals surface area contributed by atoms with E-state index >= 15 is 0 Å². The summed E-state index contributed by atoms with van der Waals surface area (Å²) in [7, 11) is 0. The number of para-hydroxylation sites is 1. The smallest absolute Gasteiger partial charge is 0.339 e. The zero-order valence-corrected chi connectivity index (χ0v) is 15.9. The van der Waals surface area contributed by atoms with Crippen LogP contribution in [0.1, 0.15) is 33.5 Å². The number of anilines is 1. The van der Waals surface area contributed by atoms with E-state index in [0.29, 0.717) is 29.0 Å². The number of carbonyl (C=O) groups is 2. The highest BCUT2D eigenvalue weighted by atomic mass is 16.5. The summed E-state index contributed by atoms with van der Waals surface area (Å²) in [6.45, 7) is 1.60. The largest absolute Gasteiger partial charge is 0.483 e. The van der Waals surface area contributed by atoms with Crippen molar-refractivity contribution in [3.63, 3.8) is 0 Å². The van der Waals surface area contributed by atoms with E-state index in [1.165, 1.54) is 6.07 Å². The zero-order chi connectivity index (χ0) is 20.5. The van der Waals surface area contributed by atoms with Crippen molar-refractivity contribution in [2.75, 3.05) is 11.9 Å². The summed E-state index contributed by atoms with van der Waals surface area (Å²) in [4.78, 5) is 36.1. The predicted molar refractivity (Wildman–Crippen MR) is 108 cm³/mol. The Kier molecular flexibility index (Phi) is 4.80. The third-order valence-corrected chi connectivity index (χ3v) is 5.00. The van der Waals surface area contributed by atoms with Gasteiger partial charge in [-0.2, -0.15) is 0 Å². The Morgan fingerprint density at radius 2 is 1.93 bits per heavy atom. The van der Waals surface area contributed by atoms with E-state index in [-0.39, 0.29) is 17.8 Å². The first-order valence-electron chi connectivity index (χ1n) is 9.34. The van der Waals surface area contributed by atoms with Crippen molar-refractivity contribution in [1.29, 1.82) is 0 Å². The van der Waals surface area contributed by atoms with Crippen molar-refractivity contribution in [3.8, 4) is 5.75 Å². The van der Waals surface area contributed by atoms with Crippen molar-refractivity contribution >= 4 is 28.5 Å². The van der Waals surface area contributed by atoms with Crippen LogP contribution >= 0.6 is 0 Å². The van der Waals surface area contributed by atoms with Crippen LogP contribution in [0.3, 0.4) is 0 Å². The lowest BCUT2D eigenvalue weighted by Crippen LogP contribution is -2.23. The van der Waals surface area contributed by atoms with E-state index in [1.54, 1.807) is 24.3 Å². The molecule has 0 bridgehead atoms. The van der Waals surface area contributed by atoms with Gasteiger partial charge in [-0.1, -0.05) is 12.1 Å².